The van der Waals surface area contributed by atoms with Gasteiger partial charge in [-0.3, -0.25) is 4.79 Å². The Labute approximate surface area is 118 Å². The van der Waals surface area contributed by atoms with Crippen LogP contribution >= 0.6 is 15.9 Å². The van der Waals surface area contributed by atoms with Crippen molar-refractivity contribution in [2.24, 2.45) is 5.73 Å². The Kier molecular flexibility index (Phi) is 4.16. The fourth-order valence-corrected chi connectivity index (χ4v) is 1.86. The van der Waals surface area contributed by atoms with Gasteiger partial charge in [0.25, 0.3) is 0 Å². The largest absolute Gasteiger partial charge is 0.489 e. The van der Waals surface area contributed by atoms with E-state index in [-0.39, 0.29) is 5.82 Å². The lowest BCUT2D eigenvalue weighted by atomic mass is 10.1. The van der Waals surface area contributed by atoms with Crippen molar-refractivity contribution in [2.45, 2.75) is 6.61 Å². The van der Waals surface area contributed by atoms with Crippen molar-refractivity contribution in [1.29, 1.82) is 0 Å². The molecule has 0 aromatic heterocycles. The molecule has 0 heterocycles. The van der Waals surface area contributed by atoms with Crippen LogP contribution in [-0.4, -0.2) is 5.91 Å². The lowest BCUT2D eigenvalue weighted by Crippen LogP contribution is -2.10. The van der Waals surface area contributed by atoms with Crippen LogP contribution in [0.5, 0.6) is 5.75 Å². The lowest BCUT2D eigenvalue weighted by Gasteiger charge is -2.07. The highest BCUT2D eigenvalue weighted by atomic mass is 79.9. The SMILES string of the molecule is NC(=O)c1ccc(COc2ccc(F)c(Br)c2)cc1. The minimum Gasteiger partial charge on any atom is -0.489 e. The summed E-state index contributed by atoms with van der Waals surface area (Å²) in [4.78, 5) is 10.9. The van der Waals surface area contributed by atoms with Crippen LogP contribution in [-0.2, 0) is 6.61 Å². The van der Waals surface area contributed by atoms with Crippen LogP contribution in [0.1, 0.15) is 15.9 Å². The molecule has 0 fully saturated rings. The molecule has 0 aliphatic rings. The number of benzene rings is 2. The highest BCUT2D eigenvalue weighted by Gasteiger charge is 2.03. The normalized spacial score (nSPS) is 10.2. The molecule has 98 valence electrons. The van der Waals surface area contributed by atoms with Gasteiger partial charge in [-0.05, 0) is 51.8 Å². The molecule has 2 aromatic carbocycles. The number of ether oxygens (including phenoxy) is 1. The smallest absolute Gasteiger partial charge is 0.248 e. The van der Waals surface area contributed by atoms with Gasteiger partial charge in [-0.15, -0.1) is 0 Å². The monoisotopic (exact) mass is 323 g/mol. The van der Waals surface area contributed by atoms with Crippen molar-refractivity contribution in [3.8, 4) is 5.75 Å². The first-order chi connectivity index (χ1) is 9.06. The summed E-state index contributed by atoms with van der Waals surface area (Å²) in [6, 6.07) is 11.3. The summed E-state index contributed by atoms with van der Waals surface area (Å²) in [5.74, 6) is -0.236. The summed E-state index contributed by atoms with van der Waals surface area (Å²) in [5.41, 5.74) is 6.49. The first kappa shape index (κ1) is 13.5. The van der Waals surface area contributed by atoms with E-state index in [2.05, 4.69) is 15.9 Å². The van der Waals surface area contributed by atoms with Crippen molar-refractivity contribution >= 4 is 21.8 Å². The number of nitrogens with two attached hydrogens (primary N) is 1. The first-order valence-corrected chi connectivity index (χ1v) is 6.32. The van der Waals surface area contributed by atoms with E-state index in [9.17, 15) is 9.18 Å². The van der Waals surface area contributed by atoms with Gasteiger partial charge >= 0.3 is 0 Å². The summed E-state index contributed by atoms with van der Waals surface area (Å²) in [6.07, 6.45) is 0. The Morgan fingerprint density at radius 1 is 1.21 bits per heavy atom. The van der Waals surface area contributed by atoms with E-state index < -0.39 is 5.91 Å². The Morgan fingerprint density at radius 3 is 2.47 bits per heavy atom. The van der Waals surface area contributed by atoms with Crippen molar-refractivity contribution < 1.29 is 13.9 Å². The fourth-order valence-electron chi connectivity index (χ4n) is 1.50. The lowest BCUT2D eigenvalue weighted by molar-refractivity contribution is 0.1000. The zero-order valence-corrected chi connectivity index (χ0v) is 11.5. The molecule has 2 aromatic rings. The van der Waals surface area contributed by atoms with Crippen LogP contribution in [0.15, 0.2) is 46.9 Å². The maximum atomic E-state index is 13.0. The van der Waals surface area contributed by atoms with Crippen LogP contribution < -0.4 is 10.5 Å². The standard InChI is InChI=1S/C14H11BrFNO2/c15-12-7-11(5-6-13(12)16)19-8-9-1-3-10(4-2-9)14(17)18/h1-7H,8H2,(H2,17,18). The van der Waals surface area contributed by atoms with Crippen molar-refractivity contribution in [3.63, 3.8) is 0 Å². The molecule has 0 saturated carbocycles. The Balaban J connectivity index is 2.01. The Bertz CT molecular complexity index is 599. The van der Waals surface area contributed by atoms with Crippen LogP contribution in [0.4, 0.5) is 4.39 Å². The molecule has 0 atom stereocenters. The topological polar surface area (TPSA) is 52.3 Å². The van der Waals surface area contributed by atoms with Crippen LogP contribution in [0.2, 0.25) is 0 Å². The molecule has 0 bridgehead atoms. The second-order valence-electron chi connectivity index (χ2n) is 3.93. The molecule has 19 heavy (non-hydrogen) atoms. The van der Waals surface area contributed by atoms with E-state index in [1.165, 1.54) is 6.07 Å². The van der Waals surface area contributed by atoms with Gasteiger partial charge < -0.3 is 10.5 Å². The molecule has 1 amide bonds. The number of hydrogen-bond donors (Lipinski definition) is 1. The molecule has 2 rings (SSSR count). The summed E-state index contributed by atoms with van der Waals surface area (Å²) >= 11 is 3.09. The third kappa shape index (κ3) is 3.54. The average molecular weight is 324 g/mol. The van der Waals surface area contributed by atoms with E-state index in [1.807, 2.05) is 0 Å². The molecule has 0 aliphatic carbocycles. The Morgan fingerprint density at radius 2 is 1.89 bits per heavy atom. The van der Waals surface area contributed by atoms with Gasteiger partial charge in [0.1, 0.15) is 18.2 Å². The van der Waals surface area contributed by atoms with Gasteiger partial charge in [0.15, 0.2) is 0 Å². The zero-order chi connectivity index (χ0) is 13.8. The molecule has 0 radical (unpaired) electrons. The van der Waals surface area contributed by atoms with E-state index in [0.717, 1.165) is 5.56 Å². The number of hydrogen-bond acceptors (Lipinski definition) is 2. The van der Waals surface area contributed by atoms with Gasteiger partial charge in [-0.1, -0.05) is 12.1 Å². The molecule has 0 aliphatic heterocycles. The molecule has 0 saturated heterocycles. The van der Waals surface area contributed by atoms with Crippen molar-refractivity contribution in [1.82, 2.24) is 0 Å². The molecule has 0 spiro atoms. The maximum absolute atomic E-state index is 13.0. The molecule has 2 N–H and O–H groups in total. The van der Waals surface area contributed by atoms with Crippen LogP contribution in [0.25, 0.3) is 0 Å². The molecular weight excluding hydrogens is 313 g/mol. The van der Waals surface area contributed by atoms with Gasteiger partial charge in [-0.25, -0.2) is 4.39 Å². The highest BCUT2D eigenvalue weighted by Crippen LogP contribution is 2.22. The van der Waals surface area contributed by atoms with Gasteiger partial charge in [0.2, 0.25) is 5.91 Å². The molecule has 0 unspecified atom stereocenters. The number of rotatable bonds is 4. The van der Waals surface area contributed by atoms with E-state index in [4.69, 9.17) is 10.5 Å². The number of amides is 1. The summed E-state index contributed by atoms with van der Waals surface area (Å²) in [5, 5.41) is 0. The Hall–Kier alpha value is -1.88. The molecule has 3 nitrogen and oxygen atoms in total. The quantitative estimate of drug-likeness (QED) is 0.938. The zero-order valence-electron chi connectivity index (χ0n) is 9.90. The number of carbonyl (C=O) groups is 1. The number of carbonyl (C=O) groups excluding carboxylic acids is 1. The minimum absolute atomic E-state index is 0.330. The second kappa shape index (κ2) is 5.84. The predicted octanol–water partition coefficient (Wildman–Crippen LogP) is 3.27. The van der Waals surface area contributed by atoms with E-state index >= 15 is 0 Å². The van der Waals surface area contributed by atoms with Gasteiger partial charge in [0, 0.05) is 5.56 Å². The van der Waals surface area contributed by atoms with E-state index in [0.29, 0.717) is 22.4 Å². The average Bonchev–Trinajstić information content (AvgIpc) is 2.40. The van der Waals surface area contributed by atoms with Crippen LogP contribution in [0.3, 0.4) is 0 Å². The number of halogens is 2. The predicted molar refractivity (Wildman–Crippen MR) is 73.4 cm³/mol. The van der Waals surface area contributed by atoms with Gasteiger partial charge in [-0.2, -0.15) is 0 Å². The summed E-state index contributed by atoms with van der Waals surface area (Å²) < 4.78 is 18.9. The second-order valence-corrected chi connectivity index (χ2v) is 4.78. The third-order valence-corrected chi connectivity index (χ3v) is 3.14. The van der Waals surface area contributed by atoms with E-state index in [1.54, 1.807) is 36.4 Å². The van der Waals surface area contributed by atoms with Crippen LogP contribution in [0, 0.1) is 5.82 Å². The van der Waals surface area contributed by atoms with Gasteiger partial charge in [0.05, 0.1) is 4.47 Å². The van der Waals surface area contributed by atoms with Crippen molar-refractivity contribution in [3.05, 3.63) is 63.9 Å². The summed E-state index contributed by atoms with van der Waals surface area (Å²) in [6.45, 7) is 0.330. The maximum Gasteiger partial charge on any atom is 0.248 e. The molecule has 5 heteroatoms. The highest BCUT2D eigenvalue weighted by molar-refractivity contribution is 9.10. The third-order valence-electron chi connectivity index (χ3n) is 2.54. The first-order valence-electron chi connectivity index (χ1n) is 5.53. The summed E-state index contributed by atoms with van der Waals surface area (Å²) in [7, 11) is 0. The van der Waals surface area contributed by atoms with Crippen molar-refractivity contribution in [2.75, 3.05) is 0 Å². The number of primary amides is 1. The minimum atomic E-state index is -0.463. The molecular formula is C14H11BrFNO2. The fraction of sp³-hybridized carbons (Fsp3) is 0.0714.